The highest BCUT2D eigenvalue weighted by Gasteiger charge is 2.50. The molecule has 32 nitrogen and oxygen atoms in total. The predicted octanol–water partition coefficient (Wildman–Crippen LogP) is -3.04. The number of ether oxygens (including phenoxy) is 2. The number of rotatable bonds is 25. The summed E-state index contributed by atoms with van der Waals surface area (Å²) in [5, 5.41) is 28.5. The molecule has 2 aromatic rings. The molecule has 4 heterocycles. The van der Waals surface area contributed by atoms with Gasteiger partial charge in [-0.2, -0.15) is 4.31 Å². The molecular formula is C35H57N12O20P3S. The molecule has 10 atom stereocenters. The standard InChI is InChI=1S/C35H57N12O20P3S/c1-6-10-46(5)31(53)26-22(44-17(2)48)18(45-34(37)38)12-19(64-26)33(54)71-11-9-39-21(49)7-8-40-30(52)27(51)35(3,4)14-63-70(60,61)67-69(58,59)62-13-20-25(66-68(55,56)57)24(50)32(65-20)47-16-43-23-28(36)41-15-42-29(23)47/h12,15-16,18,20,22,24-27,32,50-51H,6-11,13-14H2,1-5H3,(H,39,49)(H,40,52)(H,44,48)(H,58,59)(H,60,61)(H2,36,41,42)(H4,37,38,45)(H2,55,56,57). The van der Waals surface area contributed by atoms with Gasteiger partial charge in [-0.25, -0.2) is 33.6 Å². The molecule has 0 aliphatic carbocycles. The minimum atomic E-state index is -5.63. The lowest BCUT2D eigenvalue weighted by molar-refractivity contribution is -0.144. The van der Waals surface area contributed by atoms with Gasteiger partial charge in [0, 0.05) is 51.2 Å². The molecule has 4 rings (SSSR count). The first-order valence-electron chi connectivity index (χ1n) is 21.0. The number of thioether (sulfide) groups is 1. The average Bonchev–Trinajstić information content (AvgIpc) is 3.83. The number of carbonyl (C=O) groups is 5. The van der Waals surface area contributed by atoms with Crippen LogP contribution in [0.4, 0.5) is 5.82 Å². The van der Waals surface area contributed by atoms with Gasteiger partial charge >= 0.3 is 23.5 Å². The Morgan fingerprint density at radius 1 is 1.04 bits per heavy atom. The Kier molecular flexibility index (Phi) is 20.6. The van der Waals surface area contributed by atoms with Crippen LogP contribution in [-0.2, 0) is 65.0 Å². The summed E-state index contributed by atoms with van der Waals surface area (Å²) in [4.78, 5) is 120. The summed E-state index contributed by atoms with van der Waals surface area (Å²) >= 11 is 0.729. The number of nitrogens with two attached hydrogens (primary N) is 3. The van der Waals surface area contributed by atoms with Crippen LogP contribution in [0.3, 0.4) is 0 Å². The van der Waals surface area contributed by atoms with E-state index in [0.717, 1.165) is 29.0 Å². The Morgan fingerprint density at radius 2 is 1.72 bits per heavy atom. The molecule has 2 aromatic heterocycles. The van der Waals surface area contributed by atoms with Crippen molar-refractivity contribution in [2.24, 2.45) is 21.9 Å². The number of guanidine groups is 1. The first-order chi connectivity index (χ1) is 33.0. The number of hydrogen-bond donors (Lipinski definition) is 12. The van der Waals surface area contributed by atoms with Gasteiger partial charge in [-0.15, -0.1) is 0 Å². The SMILES string of the molecule is CCCN(C)C(=O)C1OC(C(=O)SCCNC(=O)CCNC(=O)C(O)C(C)(C)COP(=O)(O)OP(=O)(O)OCC2OC(n3cnc4c(N)ncnc43)C(O)C2OP(=O)(O)O)=CC(N=C(N)N)C1NC(C)=O. The number of hydrogen-bond acceptors (Lipinski definition) is 22. The Hall–Kier alpha value is -4.69. The first-order valence-corrected chi connectivity index (χ1v) is 26.5. The van der Waals surface area contributed by atoms with Crippen LogP contribution in [-0.4, -0.2) is 177 Å². The summed E-state index contributed by atoms with van der Waals surface area (Å²) in [6, 6.07) is -2.10. The van der Waals surface area contributed by atoms with Crippen LogP contribution < -0.4 is 33.2 Å². The van der Waals surface area contributed by atoms with Crippen molar-refractivity contribution < 1.29 is 94.8 Å². The Morgan fingerprint density at radius 3 is 2.35 bits per heavy atom. The fourth-order valence-electron chi connectivity index (χ4n) is 6.70. The molecule has 2 aliphatic heterocycles. The van der Waals surface area contributed by atoms with Crippen molar-refractivity contribution in [3.8, 4) is 0 Å². The van der Waals surface area contributed by atoms with E-state index in [4.69, 9.17) is 35.7 Å². The molecule has 398 valence electrons. The number of anilines is 1. The largest absolute Gasteiger partial charge is 0.481 e. The summed E-state index contributed by atoms with van der Waals surface area (Å²) in [5.41, 5.74) is 15.3. The van der Waals surface area contributed by atoms with Crippen LogP contribution in [0, 0.1) is 5.41 Å². The van der Waals surface area contributed by atoms with E-state index >= 15 is 0 Å². The zero-order valence-electron chi connectivity index (χ0n) is 38.6. The van der Waals surface area contributed by atoms with Gasteiger partial charge in [-0.1, -0.05) is 32.5 Å². The van der Waals surface area contributed by atoms with Gasteiger partial charge in [0.05, 0.1) is 19.5 Å². The molecule has 0 saturated carbocycles. The van der Waals surface area contributed by atoms with E-state index in [1.165, 1.54) is 38.8 Å². The molecule has 0 spiro atoms. The molecule has 71 heavy (non-hydrogen) atoms. The second kappa shape index (κ2) is 24.8. The number of amides is 4. The topological polar surface area (TPSA) is 487 Å². The first kappa shape index (κ1) is 58.9. The van der Waals surface area contributed by atoms with Crippen LogP contribution in [0.15, 0.2) is 29.5 Å². The van der Waals surface area contributed by atoms with E-state index in [9.17, 15) is 67.5 Å². The second-order valence-electron chi connectivity index (χ2n) is 16.3. The van der Waals surface area contributed by atoms with Gasteiger partial charge in [-0.05, 0) is 12.5 Å². The molecule has 10 unspecified atom stereocenters. The number of carbonyl (C=O) groups excluding carboxylic acids is 5. The van der Waals surface area contributed by atoms with Gasteiger partial charge in [0.25, 0.3) is 11.0 Å². The van der Waals surface area contributed by atoms with Crippen molar-refractivity contribution in [3.05, 3.63) is 24.5 Å². The maximum absolute atomic E-state index is 13.3. The van der Waals surface area contributed by atoms with Gasteiger partial charge in [0.2, 0.25) is 17.7 Å². The molecule has 0 bridgehead atoms. The average molecular weight is 1090 g/mol. The fourth-order valence-corrected chi connectivity index (χ4v) is 10.2. The monoisotopic (exact) mass is 1090 g/mol. The number of phosphoric ester groups is 3. The molecule has 4 amide bonds. The lowest BCUT2D eigenvalue weighted by Gasteiger charge is -2.36. The van der Waals surface area contributed by atoms with E-state index < -0.39 is 120 Å². The van der Waals surface area contributed by atoms with Crippen molar-refractivity contribution in [2.45, 2.75) is 89.4 Å². The van der Waals surface area contributed by atoms with Crippen molar-refractivity contribution in [1.82, 2.24) is 40.4 Å². The fraction of sp³-hybridized carbons (Fsp3) is 0.629. The number of phosphoric acid groups is 3. The molecule has 1 fully saturated rings. The van der Waals surface area contributed by atoms with Gasteiger partial charge in [0.1, 0.15) is 48.3 Å². The predicted molar refractivity (Wildman–Crippen MR) is 245 cm³/mol. The minimum Gasteiger partial charge on any atom is -0.474 e. The Labute approximate surface area is 408 Å². The van der Waals surface area contributed by atoms with E-state index in [-0.39, 0.29) is 54.0 Å². The number of aromatic nitrogens is 4. The molecule has 0 aromatic carbocycles. The van der Waals surface area contributed by atoms with E-state index in [1.54, 1.807) is 0 Å². The third-order valence-corrected chi connectivity index (χ3v) is 14.0. The molecule has 0 radical (unpaired) electrons. The maximum atomic E-state index is 13.3. The molecular weight excluding hydrogens is 1030 g/mol. The number of nitrogen functional groups attached to an aromatic ring is 1. The van der Waals surface area contributed by atoms with E-state index in [1.807, 2.05) is 6.92 Å². The summed E-state index contributed by atoms with van der Waals surface area (Å²) in [5.74, 6) is -3.35. The van der Waals surface area contributed by atoms with Crippen LogP contribution in [0.1, 0.15) is 46.8 Å². The highest BCUT2D eigenvalue weighted by atomic mass is 32.2. The Bertz CT molecular complexity index is 2470. The summed E-state index contributed by atoms with van der Waals surface area (Å²) in [6.45, 7) is 3.37. The summed E-state index contributed by atoms with van der Waals surface area (Å²) in [7, 11) is -15.0. The molecule has 15 N–H and O–H groups in total. The van der Waals surface area contributed by atoms with Gasteiger partial charge in [0.15, 0.2) is 35.5 Å². The lowest BCUT2D eigenvalue weighted by atomic mass is 9.87. The van der Waals surface area contributed by atoms with Crippen molar-refractivity contribution in [3.63, 3.8) is 0 Å². The number of aliphatic hydroxyl groups excluding tert-OH is 2. The number of fused-ring (bicyclic) bond motifs is 1. The highest BCUT2D eigenvalue weighted by Crippen LogP contribution is 2.61. The van der Waals surface area contributed by atoms with Crippen molar-refractivity contribution in [1.29, 1.82) is 0 Å². The number of aliphatic hydroxyl groups is 2. The number of imidazole rings is 1. The Balaban J connectivity index is 1.23. The molecule has 36 heteroatoms. The third kappa shape index (κ3) is 16.9. The van der Waals surface area contributed by atoms with E-state index in [0.29, 0.717) is 13.0 Å². The quantitative estimate of drug-likeness (QED) is 0.0204. The number of aliphatic imine (C=N–C) groups is 1. The van der Waals surface area contributed by atoms with Crippen LogP contribution in [0.25, 0.3) is 11.2 Å². The molecule has 1 saturated heterocycles. The zero-order valence-corrected chi connectivity index (χ0v) is 42.1. The smallest absolute Gasteiger partial charge is 0.474 e. The van der Waals surface area contributed by atoms with Gasteiger partial charge in [-0.3, -0.25) is 42.1 Å². The number of nitrogens with one attached hydrogen (secondary N) is 3. The van der Waals surface area contributed by atoms with Crippen LogP contribution >= 0.6 is 35.2 Å². The highest BCUT2D eigenvalue weighted by molar-refractivity contribution is 8.14. The number of likely N-dealkylation sites (N-methyl/N-ethyl adjacent to an activating group) is 1. The van der Waals surface area contributed by atoms with Crippen LogP contribution in [0.2, 0.25) is 0 Å². The van der Waals surface area contributed by atoms with Crippen molar-refractivity contribution >= 4 is 86.9 Å². The maximum Gasteiger partial charge on any atom is 0.481 e. The third-order valence-electron chi connectivity index (χ3n) is 10.1. The zero-order chi connectivity index (χ0) is 53.2. The minimum absolute atomic E-state index is 0.00880. The lowest BCUT2D eigenvalue weighted by Crippen LogP contribution is -2.58. The van der Waals surface area contributed by atoms with Crippen LogP contribution in [0.5, 0.6) is 0 Å². The van der Waals surface area contributed by atoms with Crippen molar-refractivity contribution in [2.75, 3.05) is 51.4 Å². The molecule has 2 aliphatic rings. The van der Waals surface area contributed by atoms with E-state index in [2.05, 4.69) is 44.7 Å². The summed E-state index contributed by atoms with van der Waals surface area (Å²) < 4.78 is 68.3. The normalized spacial score (nSPS) is 23.5. The van der Waals surface area contributed by atoms with Gasteiger partial charge < -0.3 is 77.3 Å². The number of nitrogens with zero attached hydrogens (tertiary/aromatic N) is 6. The summed E-state index contributed by atoms with van der Waals surface area (Å²) in [6.07, 6.45) is -6.78. The second-order valence-corrected chi connectivity index (χ2v) is 21.6.